The zero-order chi connectivity index (χ0) is 53.6. The molecule has 0 spiro atoms. The summed E-state index contributed by atoms with van der Waals surface area (Å²) in [5, 5.41) is 0. The number of hydrogen-bond acceptors (Lipinski definition) is 6. The summed E-state index contributed by atoms with van der Waals surface area (Å²) in [7, 11) is 0. The Morgan fingerprint density at radius 2 is 0.486 bits per heavy atom. The third kappa shape index (κ3) is 60.0. The van der Waals surface area contributed by atoms with E-state index in [2.05, 4.69) is 81.5 Å². The second-order valence-electron chi connectivity index (χ2n) is 21.7. The lowest BCUT2D eigenvalue weighted by atomic mass is 10.1. The minimum Gasteiger partial charge on any atom is -0.462 e. The maximum atomic E-state index is 12.9. The van der Waals surface area contributed by atoms with Gasteiger partial charge in [0.2, 0.25) is 0 Å². The highest BCUT2D eigenvalue weighted by Gasteiger charge is 2.19. The van der Waals surface area contributed by atoms with Gasteiger partial charge in [0.15, 0.2) is 6.10 Å². The number of allylic oxidation sites excluding steroid dienone is 10. The van der Waals surface area contributed by atoms with Gasteiger partial charge < -0.3 is 14.2 Å². The van der Waals surface area contributed by atoms with Crippen molar-refractivity contribution in [1.82, 2.24) is 0 Å². The van der Waals surface area contributed by atoms with Gasteiger partial charge in [0.25, 0.3) is 0 Å². The molecule has 6 heteroatoms. The van der Waals surface area contributed by atoms with Crippen LogP contribution in [0.15, 0.2) is 60.8 Å². The summed E-state index contributed by atoms with van der Waals surface area (Å²) < 4.78 is 16.9. The number of hydrogen-bond donors (Lipinski definition) is 0. The molecule has 0 radical (unpaired) electrons. The molecule has 0 saturated carbocycles. The second kappa shape index (κ2) is 62.6. The number of unbranched alkanes of at least 4 members (excludes halogenated alkanes) is 38. The van der Waals surface area contributed by atoms with Gasteiger partial charge in [0.05, 0.1) is 0 Å². The molecule has 0 bridgehead atoms. The average molecular weight is 1040 g/mol. The van der Waals surface area contributed by atoms with Crippen molar-refractivity contribution in [2.45, 2.75) is 341 Å². The number of esters is 3. The Morgan fingerprint density at radius 3 is 0.770 bits per heavy atom. The van der Waals surface area contributed by atoms with Crippen LogP contribution < -0.4 is 0 Å². The van der Waals surface area contributed by atoms with Gasteiger partial charge in [-0.25, -0.2) is 0 Å². The fraction of sp³-hybridized carbons (Fsp3) is 0.809. The predicted molar refractivity (Wildman–Crippen MR) is 321 cm³/mol. The molecule has 0 rings (SSSR count). The Balaban J connectivity index is 4.31. The number of ether oxygens (including phenoxy) is 3. The lowest BCUT2D eigenvalue weighted by Gasteiger charge is -2.18. The summed E-state index contributed by atoms with van der Waals surface area (Å²) in [5.41, 5.74) is 0. The van der Waals surface area contributed by atoms with E-state index >= 15 is 0 Å². The van der Waals surface area contributed by atoms with E-state index in [0.29, 0.717) is 19.3 Å². The molecule has 430 valence electrons. The molecular formula is C68H122O6. The molecule has 0 aromatic carbocycles. The van der Waals surface area contributed by atoms with Crippen molar-refractivity contribution in [3.63, 3.8) is 0 Å². The van der Waals surface area contributed by atoms with E-state index in [9.17, 15) is 14.4 Å². The van der Waals surface area contributed by atoms with Crippen LogP contribution in [0.1, 0.15) is 335 Å². The first-order valence-electron chi connectivity index (χ1n) is 32.3. The van der Waals surface area contributed by atoms with E-state index in [1.807, 2.05) is 0 Å². The smallest absolute Gasteiger partial charge is 0.306 e. The zero-order valence-electron chi connectivity index (χ0n) is 49.4. The van der Waals surface area contributed by atoms with Crippen LogP contribution in [0.3, 0.4) is 0 Å². The van der Waals surface area contributed by atoms with Gasteiger partial charge in [-0.3, -0.25) is 14.4 Å². The highest BCUT2D eigenvalue weighted by atomic mass is 16.6. The summed E-state index contributed by atoms with van der Waals surface area (Å²) in [6.07, 6.45) is 79.4. The van der Waals surface area contributed by atoms with E-state index in [-0.39, 0.29) is 31.1 Å². The van der Waals surface area contributed by atoms with Crippen molar-refractivity contribution in [3.8, 4) is 0 Å². The summed E-state index contributed by atoms with van der Waals surface area (Å²) in [6.45, 7) is 6.64. The maximum Gasteiger partial charge on any atom is 0.306 e. The van der Waals surface area contributed by atoms with Crippen molar-refractivity contribution >= 4 is 17.9 Å². The zero-order valence-corrected chi connectivity index (χ0v) is 49.4. The average Bonchev–Trinajstić information content (AvgIpc) is 3.40. The Bertz CT molecular complexity index is 1330. The van der Waals surface area contributed by atoms with E-state index in [4.69, 9.17) is 14.2 Å². The number of carbonyl (C=O) groups excluding carboxylic acids is 3. The van der Waals surface area contributed by atoms with Crippen LogP contribution in [0.25, 0.3) is 0 Å². The van der Waals surface area contributed by atoms with Crippen molar-refractivity contribution < 1.29 is 28.6 Å². The summed E-state index contributed by atoms with van der Waals surface area (Å²) in [4.78, 5) is 38.3. The molecule has 6 nitrogen and oxygen atoms in total. The standard InChI is InChI=1S/C68H122O6/c1-4-7-10-13-16-19-22-25-28-30-31-32-33-34-35-36-37-39-40-43-46-49-52-55-58-61-67(70)73-64-65(63-72-66(69)60-57-54-51-48-45-42-27-24-21-18-15-12-9-6-3)74-68(71)62-59-56-53-50-47-44-41-38-29-26-23-20-17-14-11-8-5-2/h22,24-27,29-31,33-34,65H,4-21,23,28,32,35-64H2,1-3H3/b25-22-,27-24-,29-26-,31-30-,34-33-. The van der Waals surface area contributed by atoms with Crippen LogP contribution in [-0.2, 0) is 28.6 Å². The molecule has 1 atom stereocenters. The third-order valence-electron chi connectivity index (χ3n) is 14.2. The lowest BCUT2D eigenvalue weighted by Crippen LogP contribution is -2.30. The molecule has 0 fully saturated rings. The van der Waals surface area contributed by atoms with Crippen molar-refractivity contribution in [2.75, 3.05) is 13.2 Å². The molecule has 0 aromatic heterocycles. The molecule has 0 aliphatic carbocycles. The molecule has 74 heavy (non-hydrogen) atoms. The van der Waals surface area contributed by atoms with E-state index in [0.717, 1.165) is 77.0 Å². The Labute approximate surface area is 460 Å². The van der Waals surface area contributed by atoms with Crippen LogP contribution in [0, 0.1) is 0 Å². The molecule has 1 unspecified atom stereocenters. The highest BCUT2D eigenvalue weighted by molar-refractivity contribution is 5.71. The van der Waals surface area contributed by atoms with Gasteiger partial charge in [-0.2, -0.15) is 0 Å². The van der Waals surface area contributed by atoms with Crippen LogP contribution in [-0.4, -0.2) is 37.2 Å². The molecule has 0 aromatic rings. The van der Waals surface area contributed by atoms with Crippen LogP contribution in [0.5, 0.6) is 0 Å². The SMILES string of the molecule is CCCCCCC/C=C\C/C=C\C/C=C\CCCCCCCCCCCCC(=O)OCC(COC(=O)CCCCCCC/C=C\CCCCCCC)OC(=O)CCCCCCCCC/C=C\CCCCCCCC. The van der Waals surface area contributed by atoms with Gasteiger partial charge in [-0.1, -0.05) is 268 Å². The monoisotopic (exact) mass is 1030 g/mol. The lowest BCUT2D eigenvalue weighted by molar-refractivity contribution is -0.167. The number of carbonyl (C=O) groups is 3. The molecule has 0 heterocycles. The molecule has 0 aliphatic heterocycles. The highest BCUT2D eigenvalue weighted by Crippen LogP contribution is 2.16. The van der Waals surface area contributed by atoms with E-state index < -0.39 is 6.10 Å². The predicted octanol–water partition coefficient (Wildman–Crippen LogP) is 21.9. The Hall–Kier alpha value is -2.89. The van der Waals surface area contributed by atoms with Crippen molar-refractivity contribution in [3.05, 3.63) is 60.8 Å². The first-order chi connectivity index (χ1) is 36.5. The van der Waals surface area contributed by atoms with Crippen LogP contribution in [0.4, 0.5) is 0 Å². The van der Waals surface area contributed by atoms with E-state index in [1.165, 1.54) is 218 Å². The van der Waals surface area contributed by atoms with Gasteiger partial charge in [-0.15, -0.1) is 0 Å². The van der Waals surface area contributed by atoms with Gasteiger partial charge >= 0.3 is 17.9 Å². The Morgan fingerprint density at radius 1 is 0.270 bits per heavy atom. The fourth-order valence-corrected chi connectivity index (χ4v) is 9.32. The largest absolute Gasteiger partial charge is 0.462 e. The quantitative estimate of drug-likeness (QED) is 0.0261. The third-order valence-corrected chi connectivity index (χ3v) is 14.2. The van der Waals surface area contributed by atoms with Gasteiger partial charge in [-0.05, 0) is 109 Å². The normalized spacial score (nSPS) is 12.4. The fourth-order valence-electron chi connectivity index (χ4n) is 9.32. The first-order valence-corrected chi connectivity index (χ1v) is 32.3. The molecule has 0 saturated heterocycles. The summed E-state index contributed by atoms with van der Waals surface area (Å²) in [6, 6.07) is 0. The molecular weight excluding hydrogens is 913 g/mol. The number of rotatable bonds is 59. The van der Waals surface area contributed by atoms with E-state index in [1.54, 1.807) is 0 Å². The van der Waals surface area contributed by atoms with Crippen LogP contribution in [0.2, 0.25) is 0 Å². The minimum absolute atomic E-state index is 0.0789. The van der Waals surface area contributed by atoms with Gasteiger partial charge in [0.1, 0.15) is 13.2 Å². The van der Waals surface area contributed by atoms with Crippen molar-refractivity contribution in [2.24, 2.45) is 0 Å². The van der Waals surface area contributed by atoms with Crippen LogP contribution >= 0.6 is 0 Å². The maximum absolute atomic E-state index is 12.9. The summed E-state index contributed by atoms with van der Waals surface area (Å²) >= 11 is 0. The minimum atomic E-state index is -0.782. The second-order valence-corrected chi connectivity index (χ2v) is 21.7. The van der Waals surface area contributed by atoms with Gasteiger partial charge in [0, 0.05) is 19.3 Å². The molecule has 0 N–H and O–H groups in total. The summed E-state index contributed by atoms with van der Waals surface area (Å²) in [5.74, 6) is -0.879. The Kier molecular flexibility index (Phi) is 60.2. The topological polar surface area (TPSA) is 78.9 Å². The molecule has 0 aliphatic rings. The first kappa shape index (κ1) is 71.1. The van der Waals surface area contributed by atoms with Crippen molar-refractivity contribution in [1.29, 1.82) is 0 Å². The molecule has 0 amide bonds.